The summed E-state index contributed by atoms with van der Waals surface area (Å²) < 4.78 is 5.27. The van der Waals surface area contributed by atoms with Gasteiger partial charge in [0.25, 0.3) is 0 Å². The zero-order valence-electron chi connectivity index (χ0n) is 10.8. The van der Waals surface area contributed by atoms with Crippen LogP contribution in [0.5, 0.6) is 0 Å². The first-order valence-corrected chi connectivity index (χ1v) is 6.21. The second kappa shape index (κ2) is 7.72. The topological polar surface area (TPSA) is 26.3 Å². The quantitative estimate of drug-likeness (QED) is 0.452. The van der Waals surface area contributed by atoms with E-state index >= 15 is 0 Å². The minimum Gasteiger partial charge on any atom is -0.465 e. The van der Waals surface area contributed by atoms with Gasteiger partial charge in [0.15, 0.2) is 0 Å². The van der Waals surface area contributed by atoms with E-state index in [9.17, 15) is 4.79 Å². The molecular formula is C13H26O2. The Hall–Kier alpha value is -0.530. The number of hydrogen-bond donors (Lipinski definition) is 0. The maximum Gasteiger partial charge on any atom is 0.311 e. The monoisotopic (exact) mass is 214 g/mol. The van der Waals surface area contributed by atoms with Crippen molar-refractivity contribution < 1.29 is 9.53 Å². The van der Waals surface area contributed by atoms with Crippen LogP contribution < -0.4 is 0 Å². The van der Waals surface area contributed by atoms with E-state index in [1.54, 1.807) is 0 Å². The molecule has 0 N–H and O–H groups in total. The van der Waals surface area contributed by atoms with Gasteiger partial charge in [-0.25, -0.2) is 0 Å². The Bertz CT molecular complexity index is 173. The predicted octanol–water partition coefficient (Wildman–Crippen LogP) is 3.94. The molecule has 0 saturated heterocycles. The van der Waals surface area contributed by atoms with Crippen LogP contribution in [0.1, 0.15) is 66.2 Å². The molecule has 15 heavy (non-hydrogen) atoms. The third kappa shape index (κ3) is 6.53. The number of ether oxygens (including phenoxy) is 1. The van der Waals surface area contributed by atoms with Crippen LogP contribution in [0.2, 0.25) is 0 Å². The SMILES string of the molecule is CCCCCCOC(=O)C(C)(C)CCC. The Labute approximate surface area is 94.4 Å². The maximum atomic E-state index is 11.7. The lowest BCUT2D eigenvalue weighted by Crippen LogP contribution is -2.26. The van der Waals surface area contributed by atoms with Crippen molar-refractivity contribution >= 4 is 5.97 Å². The van der Waals surface area contributed by atoms with Crippen LogP contribution in [0, 0.1) is 5.41 Å². The third-order valence-electron chi connectivity index (χ3n) is 2.66. The van der Waals surface area contributed by atoms with Gasteiger partial charge in [-0.1, -0.05) is 39.5 Å². The van der Waals surface area contributed by atoms with Gasteiger partial charge in [-0.05, 0) is 26.7 Å². The van der Waals surface area contributed by atoms with Crippen molar-refractivity contribution in [3.05, 3.63) is 0 Å². The lowest BCUT2D eigenvalue weighted by atomic mass is 9.88. The summed E-state index contributed by atoms with van der Waals surface area (Å²) in [5.74, 6) is -0.0409. The fourth-order valence-electron chi connectivity index (χ4n) is 1.62. The van der Waals surface area contributed by atoms with Gasteiger partial charge in [-0.2, -0.15) is 0 Å². The molecule has 0 radical (unpaired) electrons. The number of esters is 1. The van der Waals surface area contributed by atoms with Gasteiger partial charge in [-0.3, -0.25) is 4.79 Å². The van der Waals surface area contributed by atoms with Crippen molar-refractivity contribution in [2.24, 2.45) is 5.41 Å². The van der Waals surface area contributed by atoms with Gasteiger partial charge < -0.3 is 4.74 Å². The average Bonchev–Trinajstić information content (AvgIpc) is 2.17. The van der Waals surface area contributed by atoms with Gasteiger partial charge >= 0.3 is 5.97 Å². The molecule has 0 unspecified atom stereocenters. The van der Waals surface area contributed by atoms with Gasteiger partial charge in [0, 0.05) is 0 Å². The number of rotatable bonds is 8. The van der Waals surface area contributed by atoms with E-state index in [1.165, 1.54) is 12.8 Å². The summed E-state index contributed by atoms with van der Waals surface area (Å²) in [5, 5.41) is 0. The highest BCUT2D eigenvalue weighted by molar-refractivity contribution is 5.75. The highest BCUT2D eigenvalue weighted by atomic mass is 16.5. The predicted molar refractivity (Wildman–Crippen MR) is 63.8 cm³/mol. The fourth-order valence-corrected chi connectivity index (χ4v) is 1.62. The molecule has 0 aliphatic rings. The van der Waals surface area contributed by atoms with E-state index in [1.807, 2.05) is 13.8 Å². The molecule has 2 heteroatoms. The molecule has 0 saturated carbocycles. The summed E-state index contributed by atoms with van der Waals surface area (Å²) in [6.45, 7) is 8.79. The Morgan fingerprint density at radius 3 is 2.27 bits per heavy atom. The van der Waals surface area contributed by atoms with E-state index < -0.39 is 0 Å². The minimum absolute atomic E-state index is 0.0409. The van der Waals surface area contributed by atoms with Crippen LogP contribution in [0.4, 0.5) is 0 Å². The van der Waals surface area contributed by atoms with Crippen molar-refractivity contribution in [2.45, 2.75) is 66.2 Å². The molecule has 0 aromatic rings. The maximum absolute atomic E-state index is 11.7. The molecule has 0 heterocycles. The number of carbonyl (C=O) groups is 1. The second-order valence-electron chi connectivity index (χ2n) is 4.83. The van der Waals surface area contributed by atoms with Crippen LogP contribution in [-0.2, 0) is 9.53 Å². The van der Waals surface area contributed by atoms with Crippen molar-refractivity contribution in [3.63, 3.8) is 0 Å². The Morgan fingerprint density at radius 2 is 1.73 bits per heavy atom. The Morgan fingerprint density at radius 1 is 1.07 bits per heavy atom. The Balaban J connectivity index is 3.64. The van der Waals surface area contributed by atoms with E-state index in [0.717, 1.165) is 25.7 Å². The van der Waals surface area contributed by atoms with Crippen LogP contribution in [-0.4, -0.2) is 12.6 Å². The average molecular weight is 214 g/mol. The largest absolute Gasteiger partial charge is 0.465 e. The normalized spacial score (nSPS) is 11.5. The lowest BCUT2D eigenvalue weighted by Gasteiger charge is -2.21. The summed E-state index contributed by atoms with van der Waals surface area (Å²) in [7, 11) is 0. The molecule has 0 aromatic heterocycles. The zero-order valence-corrected chi connectivity index (χ0v) is 10.8. The molecule has 0 atom stereocenters. The highest BCUT2D eigenvalue weighted by Crippen LogP contribution is 2.23. The molecule has 0 aliphatic carbocycles. The van der Waals surface area contributed by atoms with E-state index in [0.29, 0.717) is 6.61 Å². The first-order chi connectivity index (χ1) is 7.04. The van der Waals surface area contributed by atoms with Crippen molar-refractivity contribution in [2.75, 3.05) is 6.61 Å². The Kier molecular flexibility index (Phi) is 7.45. The highest BCUT2D eigenvalue weighted by Gasteiger charge is 2.27. The van der Waals surface area contributed by atoms with Crippen molar-refractivity contribution in [3.8, 4) is 0 Å². The molecule has 0 rings (SSSR count). The van der Waals surface area contributed by atoms with Crippen molar-refractivity contribution in [1.29, 1.82) is 0 Å². The van der Waals surface area contributed by atoms with E-state index in [2.05, 4.69) is 13.8 Å². The molecule has 2 nitrogen and oxygen atoms in total. The number of unbranched alkanes of at least 4 members (excludes halogenated alkanes) is 3. The summed E-state index contributed by atoms with van der Waals surface area (Å²) in [6.07, 6.45) is 6.55. The van der Waals surface area contributed by atoms with E-state index in [4.69, 9.17) is 4.74 Å². The van der Waals surface area contributed by atoms with Crippen LogP contribution in [0.15, 0.2) is 0 Å². The molecule has 0 aromatic carbocycles. The van der Waals surface area contributed by atoms with Gasteiger partial charge in [-0.15, -0.1) is 0 Å². The molecule has 0 fully saturated rings. The molecule has 0 spiro atoms. The van der Waals surface area contributed by atoms with E-state index in [-0.39, 0.29) is 11.4 Å². The molecular weight excluding hydrogens is 188 g/mol. The molecule has 0 amide bonds. The van der Waals surface area contributed by atoms with Crippen molar-refractivity contribution in [1.82, 2.24) is 0 Å². The lowest BCUT2D eigenvalue weighted by molar-refractivity contribution is -0.154. The van der Waals surface area contributed by atoms with Crippen LogP contribution in [0.25, 0.3) is 0 Å². The third-order valence-corrected chi connectivity index (χ3v) is 2.66. The second-order valence-corrected chi connectivity index (χ2v) is 4.83. The van der Waals surface area contributed by atoms with Gasteiger partial charge in [0.1, 0.15) is 0 Å². The standard InChI is InChI=1S/C13H26O2/c1-5-7-8-9-11-15-12(14)13(3,4)10-6-2/h5-11H2,1-4H3. The number of hydrogen-bond acceptors (Lipinski definition) is 2. The number of carbonyl (C=O) groups excluding carboxylic acids is 1. The smallest absolute Gasteiger partial charge is 0.311 e. The van der Waals surface area contributed by atoms with Gasteiger partial charge in [0.2, 0.25) is 0 Å². The molecule has 0 aliphatic heterocycles. The summed E-state index contributed by atoms with van der Waals surface area (Å²) in [4.78, 5) is 11.7. The summed E-state index contributed by atoms with van der Waals surface area (Å²) >= 11 is 0. The van der Waals surface area contributed by atoms with Crippen LogP contribution in [0.3, 0.4) is 0 Å². The summed E-state index contributed by atoms with van der Waals surface area (Å²) in [5.41, 5.74) is -0.306. The first-order valence-electron chi connectivity index (χ1n) is 6.21. The summed E-state index contributed by atoms with van der Waals surface area (Å²) in [6, 6.07) is 0. The van der Waals surface area contributed by atoms with Crippen LogP contribution >= 0.6 is 0 Å². The van der Waals surface area contributed by atoms with Gasteiger partial charge in [0.05, 0.1) is 12.0 Å². The first kappa shape index (κ1) is 14.5. The minimum atomic E-state index is -0.306. The zero-order chi connectivity index (χ0) is 11.7. The fraction of sp³-hybridized carbons (Fsp3) is 0.923. The molecule has 90 valence electrons. The molecule has 0 bridgehead atoms.